The molecule has 2 aliphatic heterocycles. The lowest BCUT2D eigenvalue weighted by atomic mass is 10.0. The Labute approximate surface area is 192 Å². The molecule has 1 saturated heterocycles. The van der Waals surface area contributed by atoms with Crippen molar-refractivity contribution in [2.45, 2.75) is 11.4 Å². The van der Waals surface area contributed by atoms with Crippen LogP contribution in [0.15, 0.2) is 66.7 Å². The summed E-state index contributed by atoms with van der Waals surface area (Å²) >= 11 is 13.6. The van der Waals surface area contributed by atoms with E-state index in [1.807, 2.05) is 42.5 Å². The predicted octanol–water partition coefficient (Wildman–Crippen LogP) is 5.61. The van der Waals surface area contributed by atoms with Crippen molar-refractivity contribution in [1.82, 2.24) is 0 Å². The SMILES string of the molecule is O=C1CS[C@]2(C(=O)N(Cc3ccccc3Cl)c3ccccc32)N1c1ccc(F)c(Cl)c1. The van der Waals surface area contributed by atoms with Crippen molar-refractivity contribution in [2.75, 3.05) is 15.6 Å². The van der Waals surface area contributed by atoms with Gasteiger partial charge in [0.15, 0.2) is 0 Å². The molecule has 0 bridgehead atoms. The van der Waals surface area contributed by atoms with Gasteiger partial charge in [-0.25, -0.2) is 4.39 Å². The van der Waals surface area contributed by atoms with Gasteiger partial charge in [-0.1, -0.05) is 59.6 Å². The highest BCUT2D eigenvalue weighted by Gasteiger charge is 2.61. The summed E-state index contributed by atoms with van der Waals surface area (Å²) in [5.74, 6) is -0.952. The van der Waals surface area contributed by atoms with E-state index in [1.165, 1.54) is 34.9 Å². The lowest BCUT2D eigenvalue weighted by Crippen LogP contribution is -2.49. The average Bonchev–Trinajstić information content (AvgIpc) is 3.23. The summed E-state index contributed by atoms with van der Waals surface area (Å²) in [4.78, 5) is 28.7. The van der Waals surface area contributed by atoms with Crippen molar-refractivity contribution < 1.29 is 14.0 Å². The van der Waals surface area contributed by atoms with Crippen LogP contribution in [0.3, 0.4) is 0 Å². The lowest BCUT2D eigenvalue weighted by Gasteiger charge is -2.33. The van der Waals surface area contributed by atoms with Crippen LogP contribution < -0.4 is 9.80 Å². The number of para-hydroxylation sites is 1. The molecule has 4 nitrogen and oxygen atoms in total. The molecule has 1 atom stereocenters. The second-order valence-corrected chi connectivity index (χ2v) is 9.24. The fourth-order valence-corrected chi connectivity index (χ4v) is 5.86. The number of hydrogen-bond donors (Lipinski definition) is 0. The van der Waals surface area contributed by atoms with Gasteiger partial charge in [0.1, 0.15) is 5.82 Å². The van der Waals surface area contributed by atoms with Gasteiger partial charge < -0.3 is 4.90 Å². The van der Waals surface area contributed by atoms with Crippen LogP contribution in [0.5, 0.6) is 0 Å². The maximum atomic E-state index is 13.9. The number of thioether (sulfide) groups is 1. The zero-order valence-corrected chi connectivity index (χ0v) is 18.3. The molecule has 2 heterocycles. The number of rotatable bonds is 3. The number of benzene rings is 3. The third-order valence-electron chi connectivity index (χ3n) is 5.51. The lowest BCUT2D eigenvalue weighted by molar-refractivity contribution is -0.123. The standard InChI is InChI=1S/C23H15Cl2FN2O2S/c24-17-7-3-1-5-14(17)12-27-20-8-4-2-6-16(20)23(22(27)30)28(21(29)13-31-23)15-9-10-19(26)18(25)11-15/h1-11H,12-13H2/t23-/m1/s1. The van der Waals surface area contributed by atoms with Gasteiger partial charge in [0.2, 0.25) is 10.8 Å². The Morgan fingerprint density at radius 2 is 1.71 bits per heavy atom. The molecule has 0 aliphatic carbocycles. The van der Waals surface area contributed by atoms with E-state index in [9.17, 15) is 14.0 Å². The summed E-state index contributed by atoms with van der Waals surface area (Å²) in [6.07, 6.45) is 0. The summed E-state index contributed by atoms with van der Waals surface area (Å²) in [5, 5.41) is 0.454. The number of carbonyl (C=O) groups excluding carboxylic acids is 2. The average molecular weight is 473 g/mol. The van der Waals surface area contributed by atoms with Crippen molar-refractivity contribution in [3.8, 4) is 0 Å². The highest BCUT2D eigenvalue weighted by Crippen LogP contribution is 2.56. The number of hydrogen-bond acceptors (Lipinski definition) is 3. The predicted molar refractivity (Wildman–Crippen MR) is 122 cm³/mol. The van der Waals surface area contributed by atoms with Gasteiger partial charge in [0.05, 0.1) is 23.0 Å². The zero-order valence-electron chi connectivity index (χ0n) is 16.0. The summed E-state index contributed by atoms with van der Waals surface area (Å²) in [7, 11) is 0. The Bertz CT molecular complexity index is 1240. The molecule has 5 rings (SSSR count). The van der Waals surface area contributed by atoms with Crippen LogP contribution in [0.25, 0.3) is 0 Å². The van der Waals surface area contributed by atoms with Crippen LogP contribution in [0, 0.1) is 5.82 Å². The van der Waals surface area contributed by atoms with Gasteiger partial charge in [-0.15, -0.1) is 11.8 Å². The molecule has 3 aromatic rings. The molecule has 0 aromatic heterocycles. The van der Waals surface area contributed by atoms with Crippen molar-refractivity contribution in [1.29, 1.82) is 0 Å². The second-order valence-electron chi connectivity index (χ2n) is 7.26. The van der Waals surface area contributed by atoms with Gasteiger partial charge in [0.25, 0.3) is 5.91 Å². The molecule has 1 spiro atoms. The highest BCUT2D eigenvalue weighted by molar-refractivity contribution is 8.02. The Hall–Kier alpha value is -2.54. The third kappa shape index (κ3) is 3.04. The van der Waals surface area contributed by atoms with Crippen LogP contribution in [0.4, 0.5) is 15.8 Å². The second kappa shape index (κ2) is 7.55. The molecule has 0 radical (unpaired) electrons. The summed E-state index contributed by atoms with van der Waals surface area (Å²) in [6.45, 7) is 0.268. The van der Waals surface area contributed by atoms with Crippen molar-refractivity contribution in [3.63, 3.8) is 0 Å². The van der Waals surface area contributed by atoms with E-state index in [4.69, 9.17) is 23.2 Å². The van der Waals surface area contributed by atoms with Crippen LogP contribution in [-0.4, -0.2) is 17.6 Å². The van der Waals surface area contributed by atoms with Crippen molar-refractivity contribution in [3.05, 3.63) is 93.7 Å². The first-order valence-corrected chi connectivity index (χ1v) is 11.2. The first kappa shape index (κ1) is 20.4. The normalized spacial score (nSPS) is 20.1. The maximum Gasteiger partial charge on any atom is 0.269 e. The van der Waals surface area contributed by atoms with Crippen molar-refractivity contribution >= 4 is 58.2 Å². The van der Waals surface area contributed by atoms with Crippen molar-refractivity contribution in [2.24, 2.45) is 0 Å². The molecule has 0 saturated carbocycles. The molecule has 3 aromatic carbocycles. The van der Waals surface area contributed by atoms with Gasteiger partial charge in [-0.2, -0.15) is 0 Å². The first-order chi connectivity index (χ1) is 14.9. The minimum Gasteiger partial charge on any atom is -0.304 e. The molecule has 2 aliphatic rings. The molecular formula is C23H15Cl2FN2O2S. The Morgan fingerprint density at radius 3 is 2.48 bits per heavy atom. The minimum absolute atomic E-state index is 0.107. The smallest absolute Gasteiger partial charge is 0.269 e. The number of fused-ring (bicyclic) bond motifs is 2. The third-order valence-corrected chi connectivity index (χ3v) is 7.56. The largest absolute Gasteiger partial charge is 0.304 e. The van der Waals surface area contributed by atoms with E-state index in [-0.39, 0.29) is 29.1 Å². The number of carbonyl (C=O) groups is 2. The number of nitrogens with zero attached hydrogens (tertiary/aromatic N) is 2. The molecule has 2 amide bonds. The molecule has 0 unspecified atom stereocenters. The molecule has 156 valence electrons. The Kier molecular flexibility index (Phi) is 4.96. The fraction of sp³-hybridized carbons (Fsp3) is 0.130. The number of amides is 2. The zero-order chi connectivity index (χ0) is 21.8. The molecular weight excluding hydrogens is 458 g/mol. The summed E-state index contributed by atoms with van der Waals surface area (Å²) < 4.78 is 13.8. The van der Waals surface area contributed by atoms with Crippen LogP contribution in [0.1, 0.15) is 11.1 Å². The monoisotopic (exact) mass is 472 g/mol. The Morgan fingerprint density at radius 1 is 0.968 bits per heavy atom. The molecule has 8 heteroatoms. The van der Waals surface area contributed by atoms with Crippen LogP contribution in [0.2, 0.25) is 10.0 Å². The topological polar surface area (TPSA) is 40.6 Å². The molecule has 31 heavy (non-hydrogen) atoms. The summed E-state index contributed by atoms with van der Waals surface area (Å²) in [6, 6.07) is 18.8. The highest BCUT2D eigenvalue weighted by atomic mass is 35.5. The van der Waals surface area contributed by atoms with Gasteiger partial charge in [-0.05, 0) is 35.9 Å². The number of anilines is 2. The van der Waals surface area contributed by atoms with Gasteiger partial charge in [0, 0.05) is 16.3 Å². The van der Waals surface area contributed by atoms with E-state index in [2.05, 4.69) is 0 Å². The molecule has 1 fully saturated rings. The van der Waals surface area contributed by atoms with E-state index in [1.54, 1.807) is 11.0 Å². The number of halogens is 3. The maximum absolute atomic E-state index is 13.9. The first-order valence-electron chi connectivity index (χ1n) is 9.50. The van der Waals surface area contributed by atoms with Gasteiger partial charge >= 0.3 is 0 Å². The van der Waals surface area contributed by atoms with E-state index in [0.717, 1.165) is 5.56 Å². The minimum atomic E-state index is -1.28. The van der Waals surface area contributed by atoms with Crippen LogP contribution in [-0.2, 0) is 21.0 Å². The van der Waals surface area contributed by atoms with E-state index >= 15 is 0 Å². The quantitative estimate of drug-likeness (QED) is 0.497. The Balaban J connectivity index is 1.66. The van der Waals surface area contributed by atoms with E-state index < -0.39 is 10.7 Å². The summed E-state index contributed by atoms with van der Waals surface area (Å²) in [5.41, 5.74) is 2.61. The van der Waals surface area contributed by atoms with Crippen LogP contribution >= 0.6 is 35.0 Å². The van der Waals surface area contributed by atoms with E-state index in [0.29, 0.717) is 22.0 Å². The fourth-order valence-electron chi connectivity index (χ4n) is 4.13. The van der Waals surface area contributed by atoms with Gasteiger partial charge in [-0.3, -0.25) is 14.5 Å². The molecule has 0 N–H and O–H groups in total.